The van der Waals surface area contributed by atoms with Gasteiger partial charge in [-0.25, -0.2) is 0 Å². The lowest BCUT2D eigenvalue weighted by Crippen LogP contribution is -2.45. The van der Waals surface area contributed by atoms with Gasteiger partial charge in [-0.3, -0.25) is 4.99 Å². The average molecular weight is 451 g/mol. The van der Waals surface area contributed by atoms with Crippen LogP contribution in [-0.4, -0.2) is 46.0 Å². The molecule has 1 aromatic rings. The van der Waals surface area contributed by atoms with Crippen LogP contribution < -0.4 is 20.1 Å². The first-order chi connectivity index (χ1) is 11.0. The summed E-state index contributed by atoms with van der Waals surface area (Å²) in [4.78, 5) is 4.21. The molecule has 0 bridgehead atoms. The second-order valence-electron chi connectivity index (χ2n) is 5.66. The summed E-state index contributed by atoms with van der Waals surface area (Å²) in [7, 11) is 5.08. The minimum absolute atomic E-state index is 0. The molecule has 0 aliphatic heterocycles. The summed E-state index contributed by atoms with van der Waals surface area (Å²) in [6, 6.07) is 5.89. The highest BCUT2D eigenvalue weighted by Crippen LogP contribution is 2.27. The number of benzene rings is 1. The number of aliphatic imine (C=N–C) groups is 1. The number of ether oxygens (including phenoxy) is 3. The molecule has 2 N–H and O–H groups in total. The second-order valence-corrected chi connectivity index (χ2v) is 5.66. The zero-order valence-electron chi connectivity index (χ0n) is 15.4. The first-order valence-electron chi connectivity index (χ1n) is 7.75. The van der Waals surface area contributed by atoms with Crippen LogP contribution in [0.5, 0.6) is 11.5 Å². The Balaban J connectivity index is 0.00000529. The minimum atomic E-state index is -0.250. The summed E-state index contributed by atoms with van der Waals surface area (Å²) >= 11 is 0. The zero-order valence-corrected chi connectivity index (χ0v) is 17.8. The van der Waals surface area contributed by atoms with Crippen molar-refractivity contribution in [1.29, 1.82) is 0 Å². The number of nitrogens with zero attached hydrogens (tertiary/aromatic N) is 1. The summed E-state index contributed by atoms with van der Waals surface area (Å²) in [5.74, 6) is 2.21. The number of nitrogens with one attached hydrogen (secondary N) is 2. The van der Waals surface area contributed by atoms with Gasteiger partial charge in [-0.1, -0.05) is 6.07 Å². The molecule has 24 heavy (non-hydrogen) atoms. The highest BCUT2D eigenvalue weighted by molar-refractivity contribution is 14.0. The van der Waals surface area contributed by atoms with E-state index in [1.54, 1.807) is 21.3 Å². The Morgan fingerprint density at radius 1 is 1.17 bits per heavy atom. The van der Waals surface area contributed by atoms with Crippen LogP contribution in [0.2, 0.25) is 0 Å². The average Bonchev–Trinajstić information content (AvgIpc) is 2.56. The van der Waals surface area contributed by atoms with Crippen molar-refractivity contribution in [1.82, 2.24) is 10.6 Å². The van der Waals surface area contributed by atoms with Gasteiger partial charge >= 0.3 is 0 Å². The molecule has 0 amide bonds. The van der Waals surface area contributed by atoms with Crippen LogP contribution in [0.4, 0.5) is 0 Å². The van der Waals surface area contributed by atoms with E-state index in [2.05, 4.69) is 15.6 Å². The van der Waals surface area contributed by atoms with Crippen LogP contribution in [-0.2, 0) is 11.3 Å². The van der Waals surface area contributed by atoms with Crippen molar-refractivity contribution in [2.75, 3.05) is 34.4 Å². The normalized spacial score (nSPS) is 11.5. The van der Waals surface area contributed by atoms with E-state index in [1.165, 1.54) is 0 Å². The third-order valence-electron chi connectivity index (χ3n) is 3.45. The lowest BCUT2D eigenvalue weighted by Gasteiger charge is -2.24. The Hall–Kier alpha value is -1.22. The molecule has 0 aliphatic carbocycles. The van der Waals surface area contributed by atoms with Gasteiger partial charge in [0.05, 0.1) is 19.3 Å². The first kappa shape index (κ1) is 22.8. The maximum atomic E-state index is 5.52. The van der Waals surface area contributed by atoms with Crippen LogP contribution in [0.3, 0.4) is 0 Å². The van der Waals surface area contributed by atoms with Gasteiger partial charge in [-0.15, -0.1) is 24.0 Å². The monoisotopic (exact) mass is 451 g/mol. The van der Waals surface area contributed by atoms with E-state index in [4.69, 9.17) is 14.2 Å². The predicted molar refractivity (Wildman–Crippen MR) is 109 cm³/mol. The maximum absolute atomic E-state index is 5.52. The van der Waals surface area contributed by atoms with Gasteiger partial charge in [0.15, 0.2) is 17.5 Å². The van der Waals surface area contributed by atoms with Gasteiger partial charge in [0, 0.05) is 27.2 Å². The van der Waals surface area contributed by atoms with E-state index in [0.717, 1.165) is 23.0 Å². The molecule has 0 heterocycles. The number of hydrogen-bond donors (Lipinski definition) is 2. The topological polar surface area (TPSA) is 64.1 Å². The van der Waals surface area contributed by atoms with Gasteiger partial charge in [0.1, 0.15) is 0 Å². The first-order valence-corrected chi connectivity index (χ1v) is 7.75. The maximum Gasteiger partial charge on any atom is 0.191 e. The Morgan fingerprint density at radius 3 is 2.42 bits per heavy atom. The lowest BCUT2D eigenvalue weighted by atomic mass is 10.1. The highest BCUT2D eigenvalue weighted by Gasteiger charge is 2.16. The minimum Gasteiger partial charge on any atom is -0.493 e. The quantitative estimate of drug-likeness (QED) is 0.362. The van der Waals surface area contributed by atoms with Crippen LogP contribution in [0, 0.1) is 0 Å². The molecule has 0 aromatic heterocycles. The van der Waals surface area contributed by atoms with Crippen molar-refractivity contribution in [2.24, 2.45) is 4.99 Å². The van der Waals surface area contributed by atoms with Gasteiger partial charge in [0.2, 0.25) is 0 Å². The van der Waals surface area contributed by atoms with E-state index in [0.29, 0.717) is 19.7 Å². The molecule has 0 saturated carbocycles. The molecule has 0 aliphatic rings. The van der Waals surface area contributed by atoms with Crippen molar-refractivity contribution in [3.8, 4) is 11.5 Å². The van der Waals surface area contributed by atoms with Crippen molar-refractivity contribution in [3.63, 3.8) is 0 Å². The molecule has 0 fully saturated rings. The molecule has 138 valence electrons. The second kappa shape index (κ2) is 11.4. The smallest absolute Gasteiger partial charge is 0.191 e. The fourth-order valence-electron chi connectivity index (χ4n) is 1.87. The van der Waals surface area contributed by atoms with E-state index in [9.17, 15) is 0 Å². The van der Waals surface area contributed by atoms with Crippen LogP contribution >= 0.6 is 24.0 Å². The Bertz CT molecular complexity index is 522. The van der Waals surface area contributed by atoms with Crippen LogP contribution in [0.1, 0.15) is 26.3 Å². The Kier molecular flexibility index (Phi) is 10.8. The highest BCUT2D eigenvalue weighted by atomic mass is 127. The summed E-state index contributed by atoms with van der Waals surface area (Å²) in [6.07, 6.45) is 0. The van der Waals surface area contributed by atoms with E-state index >= 15 is 0 Å². The van der Waals surface area contributed by atoms with Crippen molar-refractivity contribution in [2.45, 2.75) is 32.9 Å². The SMILES string of the molecule is CCOc1ccc(CNC(=NC)NCC(C)(C)OC)cc1OC.I. The number of hydrogen-bond acceptors (Lipinski definition) is 4. The molecule has 1 aromatic carbocycles. The molecule has 1 rings (SSSR count). The molecular formula is C17H30IN3O3. The summed E-state index contributed by atoms with van der Waals surface area (Å²) in [5, 5.41) is 6.52. The fraction of sp³-hybridized carbons (Fsp3) is 0.588. The van der Waals surface area contributed by atoms with E-state index < -0.39 is 0 Å². The summed E-state index contributed by atoms with van der Waals surface area (Å²) in [6.45, 7) is 7.90. The van der Waals surface area contributed by atoms with Crippen molar-refractivity contribution >= 4 is 29.9 Å². The van der Waals surface area contributed by atoms with Gasteiger partial charge in [-0.05, 0) is 38.5 Å². The molecule has 0 unspecified atom stereocenters. The number of rotatable bonds is 8. The molecule has 7 heteroatoms. The number of methoxy groups -OCH3 is 2. The molecular weight excluding hydrogens is 421 g/mol. The van der Waals surface area contributed by atoms with Gasteiger partial charge < -0.3 is 24.8 Å². The Labute approximate surface area is 162 Å². The van der Waals surface area contributed by atoms with Gasteiger partial charge in [-0.2, -0.15) is 0 Å². The third-order valence-corrected chi connectivity index (χ3v) is 3.45. The lowest BCUT2D eigenvalue weighted by molar-refractivity contribution is 0.0268. The largest absolute Gasteiger partial charge is 0.493 e. The number of guanidine groups is 1. The predicted octanol–water partition coefficient (Wildman–Crippen LogP) is 2.80. The Morgan fingerprint density at radius 2 is 1.88 bits per heavy atom. The van der Waals surface area contributed by atoms with Crippen LogP contribution in [0.25, 0.3) is 0 Å². The van der Waals surface area contributed by atoms with Crippen molar-refractivity contribution < 1.29 is 14.2 Å². The summed E-state index contributed by atoms with van der Waals surface area (Å²) < 4.78 is 16.3. The fourth-order valence-corrected chi connectivity index (χ4v) is 1.87. The van der Waals surface area contributed by atoms with Gasteiger partial charge in [0.25, 0.3) is 0 Å². The van der Waals surface area contributed by atoms with Crippen molar-refractivity contribution in [3.05, 3.63) is 23.8 Å². The summed E-state index contributed by atoms with van der Waals surface area (Å²) in [5.41, 5.74) is 0.833. The third kappa shape index (κ3) is 7.57. The molecule has 0 spiro atoms. The standard InChI is InChI=1S/C17H29N3O3.HI/c1-7-23-14-9-8-13(10-15(14)21-5)11-19-16(18-4)20-12-17(2,3)22-6;/h8-10H,7,11-12H2,1-6H3,(H2,18,19,20);1H. The zero-order chi connectivity index (χ0) is 17.3. The molecule has 0 radical (unpaired) electrons. The van der Waals surface area contributed by atoms with E-state index in [1.807, 2.05) is 39.0 Å². The van der Waals surface area contributed by atoms with Crippen LogP contribution in [0.15, 0.2) is 23.2 Å². The molecule has 0 atom stereocenters. The number of halogens is 1. The molecule has 0 saturated heterocycles. The molecule has 6 nitrogen and oxygen atoms in total. The van der Waals surface area contributed by atoms with E-state index in [-0.39, 0.29) is 29.6 Å².